The van der Waals surface area contributed by atoms with Gasteiger partial charge in [0.2, 0.25) is 0 Å². The number of carbonyl (C=O) groups is 2. The molecular weight excluding hydrogens is 396 g/mol. The van der Waals surface area contributed by atoms with Crippen LogP contribution in [-0.4, -0.2) is 55.1 Å². The Morgan fingerprint density at radius 1 is 1.10 bits per heavy atom. The second-order valence-corrected chi connectivity index (χ2v) is 7.77. The number of cyclic esters (lactones) is 1. The van der Waals surface area contributed by atoms with E-state index in [0.29, 0.717) is 29.1 Å². The van der Waals surface area contributed by atoms with Crippen molar-refractivity contribution >= 4 is 23.5 Å². The number of hydrogen-bond acceptors (Lipinski definition) is 5. The number of rotatable bonds is 6. The van der Waals surface area contributed by atoms with E-state index in [9.17, 15) is 9.59 Å². The maximum Gasteiger partial charge on any atom is 0.414 e. The second-order valence-electron chi connectivity index (χ2n) is 7.77. The maximum absolute atomic E-state index is 12.7. The summed E-state index contributed by atoms with van der Waals surface area (Å²) in [6, 6.07) is 14.0. The summed E-state index contributed by atoms with van der Waals surface area (Å²) in [6.07, 6.45) is 2.34. The van der Waals surface area contributed by atoms with Crippen molar-refractivity contribution in [1.29, 1.82) is 5.41 Å². The molecule has 1 atom stereocenters. The predicted octanol–water partition coefficient (Wildman–Crippen LogP) is 3.00. The number of nitrogens with zero attached hydrogens (tertiary/aromatic N) is 2. The van der Waals surface area contributed by atoms with Crippen LogP contribution in [0.5, 0.6) is 5.75 Å². The van der Waals surface area contributed by atoms with Crippen LogP contribution in [0.25, 0.3) is 0 Å². The van der Waals surface area contributed by atoms with Gasteiger partial charge in [0, 0.05) is 29.9 Å². The zero-order valence-electron chi connectivity index (χ0n) is 17.3. The minimum atomic E-state index is -0.469. The summed E-state index contributed by atoms with van der Waals surface area (Å²) in [5.74, 6) is 0.526. The third-order valence-electron chi connectivity index (χ3n) is 5.50. The summed E-state index contributed by atoms with van der Waals surface area (Å²) in [5, 5.41) is 7.56. The van der Waals surface area contributed by atoms with Crippen molar-refractivity contribution < 1.29 is 19.1 Å². The Hall–Kier alpha value is -3.55. The molecule has 0 bridgehead atoms. The van der Waals surface area contributed by atoms with Gasteiger partial charge in [0.05, 0.1) is 6.54 Å². The Morgan fingerprint density at radius 3 is 2.61 bits per heavy atom. The lowest BCUT2D eigenvalue weighted by molar-refractivity contribution is 0.0723. The van der Waals surface area contributed by atoms with Crippen molar-refractivity contribution in [3.8, 4) is 5.75 Å². The lowest BCUT2D eigenvalue weighted by Crippen LogP contribution is -2.35. The van der Waals surface area contributed by atoms with Gasteiger partial charge < -0.3 is 20.1 Å². The Labute approximate surface area is 181 Å². The smallest absolute Gasteiger partial charge is 0.414 e. The fourth-order valence-corrected chi connectivity index (χ4v) is 3.85. The van der Waals surface area contributed by atoms with E-state index in [1.807, 2.05) is 4.90 Å². The number of amides is 2. The number of carbonyl (C=O) groups excluding carboxylic acids is 2. The zero-order valence-corrected chi connectivity index (χ0v) is 17.3. The number of nitrogens with two attached hydrogens (primary N) is 1. The van der Waals surface area contributed by atoms with Crippen molar-refractivity contribution in [3.63, 3.8) is 0 Å². The highest BCUT2D eigenvalue weighted by molar-refractivity contribution is 5.97. The zero-order chi connectivity index (χ0) is 21.8. The Kier molecular flexibility index (Phi) is 6.06. The first-order chi connectivity index (χ1) is 15.0. The number of likely N-dealkylation sites (tertiary alicyclic amines) is 1. The number of nitrogens with one attached hydrogen (secondary N) is 1. The third-order valence-corrected chi connectivity index (χ3v) is 5.50. The average molecular weight is 422 g/mol. The molecule has 3 N–H and O–H groups in total. The van der Waals surface area contributed by atoms with Crippen LogP contribution >= 0.6 is 0 Å². The van der Waals surface area contributed by atoms with Crippen LogP contribution < -0.4 is 15.4 Å². The molecule has 0 spiro atoms. The van der Waals surface area contributed by atoms with Crippen LogP contribution in [0.15, 0.2) is 48.5 Å². The van der Waals surface area contributed by atoms with Gasteiger partial charge in [-0.3, -0.25) is 15.1 Å². The quantitative estimate of drug-likeness (QED) is 0.549. The van der Waals surface area contributed by atoms with Crippen molar-refractivity contribution in [2.45, 2.75) is 25.4 Å². The van der Waals surface area contributed by atoms with Gasteiger partial charge >= 0.3 is 6.09 Å². The molecule has 2 aliphatic heterocycles. The molecule has 31 heavy (non-hydrogen) atoms. The molecule has 2 aliphatic rings. The SMILES string of the molecule is N=C(N)c1cccc(N2CC(COc3cccc(C(=O)N4CCCCC4)c3)OC2=O)c1. The van der Waals surface area contributed by atoms with Gasteiger partial charge in [-0.05, 0) is 49.6 Å². The molecule has 2 amide bonds. The van der Waals surface area contributed by atoms with E-state index in [-0.39, 0.29) is 18.3 Å². The van der Waals surface area contributed by atoms with E-state index in [0.717, 1.165) is 25.9 Å². The van der Waals surface area contributed by atoms with Crippen LogP contribution in [0, 0.1) is 5.41 Å². The Balaban J connectivity index is 1.37. The maximum atomic E-state index is 12.7. The summed E-state index contributed by atoms with van der Waals surface area (Å²) < 4.78 is 11.3. The number of benzene rings is 2. The molecule has 1 unspecified atom stereocenters. The molecule has 2 fully saturated rings. The highest BCUT2D eigenvalue weighted by Crippen LogP contribution is 2.24. The summed E-state index contributed by atoms with van der Waals surface area (Å²) in [4.78, 5) is 28.4. The number of ether oxygens (including phenoxy) is 2. The van der Waals surface area contributed by atoms with Gasteiger partial charge in [0.25, 0.3) is 5.91 Å². The molecule has 0 aromatic heterocycles. The van der Waals surface area contributed by atoms with Crippen molar-refractivity contribution in [2.75, 3.05) is 31.1 Å². The van der Waals surface area contributed by atoms with E-state index in [4.69, 9.17) is 20.6 Å². The Bertz CT molecular complexity index is 987. The summed E-state index contributed by atoms with van der Waals surface area (Å²) in [7, 11) is 0. The van der Waals surface area contributed by atoms with Crippen LogP contribution in [0.3, 0.4) is 0 Å². The lowest BCUT2D eigenvalue weighted by Gasteiger charge is -2.26. The molecule has 0 radical (unpaired) electrons. The number of anilines is 1. The highest BCUT2D eigenvalue weighted by Gasteiger charge is 2.33. The molecule has 2 aromatic rings. The molecule has 4 rings (SSSR count). The van der Waals surface area contributed by atoms with E-state index in [1.54, 1.807) is 48.5 Å². The fourth-order valence-electron chi connectivity index (χ4n) is 3.85. The minimum absolute atomic E-state index is 0.0222. The minimum Gasteiger partial charge on any atom is -0.490 e. The van der Waals surface area contributed by atoms with E-state index in [2.05, 4.69) is 0 Å². The van der Waals surface area contributed by atoms with Gasteiger partial charge in [-0.2, -0.15) is 0 Å². The van der Waals surface area contributed by atoms with Crippen LogP contribution in [0.1, 0.15) is 35.2 Å². The standard InChI is InChI=1S/C23H26N4O4/c24-21(25)16-6-4-8-18(12-16)27-14-20(31-23(27)29)15-30-19-9-5-7-17(13-19)22(28)26-10-2-1-3-11-26/h4-9,12-13,20H,1-3,10-11,14-15H2,(H3,24,25). The molecule has 8 heteroatoms. The van der Waals surface area contributed by atoms with Crippen LogP contribution in [-0.2, 0) is 4.74 Å². The van der Waals surface area contributed by atoms with Crippen LogP contribution in [0.2, 0.25) is 0 Å². The van der Waals surface area contributed by atoms with Crippen LogP contribution in [0.4, 0.5) is 10.5 Å². The number of piperidine rings is 1. The third kappa shape index (κ3) is 4.79. The van der Waals surface area contributed by atoms with Crippen molar-refractivity contribution in [2.24, 2.45) is 5.73 Å². The first-order valence-corrected chi connectivity index (χ1v) is 10.5. The average Bonchev–Trinajstić information content (AvgIpc) is 3.18. The molecular formula is C23H26N4O4. The van der Waals surface area contributed by atoms with Gasteiger partial charge in [-0.1, -0.05) is 18.2 Å². The molecule has 0 aliphatic carbocycles. The fraction of sp³-hybridized carbons (Fsp3) is 0.348. The van der Waals surface area contributed by atoms with Gasteiger partial charge in [-0.15, -0.1) is 0 Å². The van der Waals surface area contributed by atoms with Gasteiger partial charge in [-0.25, -0.2) is 4.79 Å². The summed E-state index contributed by atoms with van der Waals surface area (Å²) >= 11 is 0. The Morgan fingerprint density at radius 2 is 1.84 bits per heavy atom. The predicted molar refractivity (Wildman–Crippen MR) is 117 cm³/mol. The number of amidine groups is 1. The first-order valence-electron chi connectivity index (χ1n) is 10.5. The van der Waals surface area contributed by atoms with E-state index in [1.165, 1.54) is 11.3 Å². The lowest BCUT2D eigenvalue weighted by atomic mass is 10.1. The largest absolute Gasteiger partial charge is 0.490 e. The molecule has 2 aromatic carbocycles. The highest BCUT2D eigenvalue weighted by atomic mass is 16.6. The molecule has 2 saturated heterocycles. The topological polar surface area (TPSA) is 109 Å². The summed E-state index contributed by atoms with van der Waals surface area (Å²) in [5.41, 5.74) is 7.30. The first kappa shape index (κ1) is 20.7. The van der Waals surface area contributed by atoms with Gasteiger partial charge in [0.15, 0.2) is 6.10 Å². The van der Waals surface area contributed by atoms with Crippen molar-refractivity contribution in [1.82, 2.24) is 4.90 Å². The monoisotopic (exact) mass is 422 g/mol. The van der Waals surface area contributed by atoms with Crippen molar-refractivity contribution in [3.05, 3.63) is 59.7 Å². The number of nitrogen functional groups attached to an aromatic ring is 1. The normalized spacial score (nSPS) is 18.6. The number of hydrogen-bond donors (Lipinski definition) is 2. The molecule has 2 heterocycles. The molecule has 162 valence electrons. The van der Waals surface area contributed by atoms with E-state index >= 15 is 0 Å². The molecule has 8 nitrogen and oxygen atoms in total. The van der Waals surface area contributed by atoms with Gasteiger partial charge in [0.1, 0.15) is 18.2 Å². The summed E-state index contributed by atoms with van der Waals surface area (Å²) in [6.45, 7) is 2.09. The molecule has 0 saturated carbocycles. The van der Waals surface area contributed by atoms with E-state index < -0.39 is 12.2 Å². The second kappa shape index (κ2) is 9.07.